The Kier molecular flexibility index (Phi) is 11.8. The molecule has 0 fully saturated rings. The number of ketones is 1. The molecule has 0 N–H and O–H groups in total. The van der Waals surface area contributed by atoms with Crippen LogP contribution in [-0.2, 0) is 22.7 Å². The fourth-order valence-electron chi connectivity index (χ4n) is 4.06. The van der Waals surface area contributed by atoms with Crippen LogP contribution in [0.4, 0.5) is 8.63 Å². The van der Waals surface area contributed by atoms with Crippen LogP contribution in [0, 0.1) is 0 Å². The highest BCUT2D eigenvalue weighted by molar-refractivity contribution is 6.35. The van der Waals surface area contributed by atoms with Crippen LogP contribution in [0.3, 0.4) is 0 Å². The van der Waals surface area contributed by atoms with E-state index in [1.54, 1.807) is 48.6 Å². The van der Waals surface area contributed by atoms with Crippen molar-refractivity contribution >= 4 is 25.4 Å². The Labute approximate surface area is 256 Å². The summed E-state index contributed by atoms with van der Waals surface area (Å²) in [6, 6.07) is 29.6. The number of hydrogen-bond acceptors (Lipinski definition) is 6. The molecule has 4 aromatic rings. The summed E-state index contributed by atoms with van der Waals surface area (Å²) in [4.78, 5) is 12.7. The first-order valence-electron chi connectivity index (χ1n) is 13.7. The SMILES string of the molecule is COc1ccc(/C=C/C(=O)/C=C(/C=C/c2ccc(OC)c(OCc3ccccc3)c2)OB(F)F)cc1OCc1ccccc1. The van der Waals surface area contributed by atoms with Gasteiger partial charge in [-0.1, -0.05) is 84.9 Å². The average molecular weight is 596 g/mol. The minimum atomic E-state index is -3.12. The first-order valence-corrected chi connectivity index (χ1v) is 13.7. The fraction of sp³-hybridized carbons (Fsp3) is 0.114. The molecule has 9 heteroatoms. The van der Waals surface area contributed by atoms with E-state index < -0.39 is 13.3 Å². The van der Waals surface area contributed by atoms with Gasteiger partial charge in [0.05, 0.1) is 14.2 Å². The van der Waals surface area contributed by atoms with Gasteiger partial charge in [0.2, 0.25) is 0 Å². The normalized spacial score (nSPS) is 11.4. The predicted molar refractivity (Wildman–Crippen MR) is 168 cm³/mol. The van der Waals surface area contributed by atoms with Gasteiger partial charge >= 0.3 is 7.47 Å². The van der Waals surface area contributed by atoms with E-state index in [0.717, 1.165) is 17.2 Å². The quantitative estimate of drug-likeness (QED) is 0.0600. The minimum absolute atomic E-state index is 0.307. The Morgan fingerprint density at radius 2 is 1.14 bits per heavy atom. The van der Waals surface area contributed by atoms with Gasteiger partial charge < -0.3 is 23.6 Å². The highest BCUT2D eigenvalue weighted by Gasteiger charge is 2.18. The molecule has 0 radical (unpaired) electrons. The lowest BCUT2D eigenvalue weighted by Crippen LogP contribution is -2.04. The number of methoxy groups -OCH3 is 2. The second-order valence-electron chi connectivity index (χ2n) is 9.36. The Balaban J connectivity index is 1.46. The van der Waals surface area contributed by atoms with Crippen LogP contribution >= 0.6 is 0 Å². The van der Waals surface area contributed by atoms with Gasteiger partial charge in [-0.3, -0.25) is 4.79 Å². The van der Waals surface area contributed by atoms with Gasteiger partial charge in [-0.25, -0.2) is 8.63 Å². The van der Waals surface area contributed by atoms with Crippen molar-refractivity contribution in [2.75, 3.05) is 14.2 Å². The summed E-state index contributed by atoms with van der Waals surface area (Å²) in [5.41, 5.74) is 3.25. The number of allylic oxidation sites excluding steroid dienone is 3. The molecule has 0 aromatic heterocycles. The molecule has 4 rings (SSSR count). The van der Waals surface area contributed by atoms with Gasteiger partial charge in [-0.2, -0.15) is 0 Å². The lowest BCUT2D eigenvalue weighted by atomic mass is 10.1. The standard InChI is InChI=1S/C35H31BF2O6/c1-40-32-19-15-26(21-34(32)42-24-28-9-5-3-6-10-28)13-17-30(39)23-31(44-36(37)38)18-14-27-16-20-33(41-2)35(22-27)43-25-29-11-7-4-8-12-29/h3-23H,24-25H2,1-2H3/b17-13+,18-14+,31-23-. The van der Waals surface area contributed by atoms with Crippen molar-refractivity contribution in [3.8, 4) is 23.0 Å². The van der Waals surface area contributed by atoms with Gasteiger partial charge in [0.25, 0.3) is 0 Å². The molecule has 6 nitrogen and oxygen atoms in total. The van der Waals surface area contributed by atoms with E-state index in [2.05, 4.69) is 4.65 Å². The number of carbonyl (C=O) groups excluding carboxylic acids is 1. The monoisotopic (exact) mass is 596 g/mol. The number of halogens is 2. The molecule has 0 saturated heterocycles. The van der Waals surface area contributed by atoms with Crippen molar-refractivity contribution in [1.82, 2.24) is 0 Å². The predicted octanol–water partition coefficient (Wildman–Crippen LogP) is 7.98. The molecule has 0 bridgehead atoms. The maximum atomic E-state index is 13.2. The van der Waals surface area contributed by atoms with E-state index in [9.17, 15) is 13.4 Å². The molecule has 0 heterocycles. The van der Waals surface area contributed by atoms with Gasteiger partial charge in [-0.05, 0) is 58.7 Å². The Morgan fingerprint density at radius 3 is 1.59 bits per heavy atom. The average Bonchev–Trinajstić information content (AvgIpc) is 3.05. The summed E-state index contributed by atoms with van der Waals surface area (Å²) in [6.45, 7) is 0.654. The topological polar surface area (TPSA) is 63.2 Å². The smallest absolute Gasteiger partial charge is 0.505 e. The zero-order valence-corrected chi connectivity index (χ0v) is 24.3. The van der Waals surface area contributed by atoms with Crippen molar-refractivity contribution in [1.29, 1.82) is 0 Å². The van der Waals surface area contributed by atoms with Gasteiger partial charge in [0.15, 0.2) is 28.8 Å². The number of rotatable bonds is 15. The van der Waals surface area contributed by atoms with Crippen LogP contribution in [0.5, 0.6) is 23.0 Å². The molecule has 0 aliphatic carbocycles. The van der Waals surface area contributed by atoms with Crippen molar-refractivity contribution in [3.63, 3.8) is 0 Å². The van der Waals surface area contributed by atoms with Gasteiger partial charge in [-0.15, -0.1) is 0 Å². The Morgan fingerprint density at radius 1 is 0.659 bits per heavy atom. The first-order chi connectivity index (χ1) is 21.4. The highest BCUT2D eigenvalue weighted by atomic mass is 19.2. The Hall–Kier alpha value is -5.31. The highest BCUT2D eigenvalue weighted by Crippen LogP contribution is 2.30. The largest absolute Gasteiger partial charge is 0.796 e. The molecule has 0 amide bonds. The molecule has 224 valence electrons. The first kappa shape index (κ1) is 31.6. The molecule has 0 aliphatic heterocycles. The summed E-state index contributed by atoms with van der Waals surface area (Å²) in [5, 5.41) is 0. The molecule has 0 spiro atoms. The van der Waals surface area contributed by atoms with Crippen LogP contribution in [-0.4, -0.2) is 27.5 Å². The summed E-state index contributed by atoms with van der Waals surface area (Å²) >= 11 is 0. The molecule has 0 atom stereocenters. The second kappa shape index (κ2) is 16.4. The number of hydrogen-bond donors (Lipinski definition) is 0. The summed E-state index contributed by atoms with van der Waals surface area (Å²) in [6.07, 6.45) is 6.64. The van der Waals surface area contributed by atoms with E-state index in [-0.39, 0.29) is 5.76 Å². The third-order valence-electron chi connectivity index (χ3n) is 6.24. The van der Waals surface area contributed by atoms with Gasteiger partial charge in [0.1, 0.15) is 19.0 Å². The number of benzene rings is 4. The maximum absolute atomic E-state index is 13.2. The van der Waals surface area contributed by atoms with Crippen molar-refractivity contribution in [2.24, 2.45) is 0 Å². The minimum Gasteiger partial charge on any atom is -0.505 e. The van der Waals surface area contributed by atoms with E-state index in [1.807, 2.05) is 60.7 Å². The fourth-order valence-corrected chi connectivity index (χ4v) is 4.06. The van der Waals surface area contributed by atoms with Crippen molar-refractivity contribution in [2.45, 2.75) is 13.2 Å². The Bertz CT molecular complexity index is 1600. The molecular formula is C35H31BF2O6. The molecular weight excluding hydrogens is 565 g/mol. The van der Waals surface area contributed by atoms with Crippen molar-refractivity contribution in [3.05, 3.63) is 143 Å². The molecule has 0 saturated carbocycles. The van der Waals surface area contributed by atoms with E-state index in [0.29, 0.717) is 47.3 Å². The summed E-state index contributed by atoms with van der Waals surface area (Å²) < 4.78 is 53.5. The molecule has 44 heavy (non-hydrogen) atoms. The molecule has 4 aromatic carbocycles. The summed E-state index contributed by atoms with van der Waals surface area (Å²) in [7, 11) is -0.0487. The van der Waals surface area contributed by atoms with Crippen LogP contribution in [0.1, 0.15) is 22.3 Å². The van der Waals surface area contributed by atoms with E-state index >= 15 is 0 Å². The van der Waals surface area contributed by atoms with E-state index in [4.69, 9.17) is 18.9 Å². The number of ether oxygens (including phenoxy) is 4. The van der Waals surface area contributed by atoms with Crippen LogP contribution in [0.2, 0.25) is 0 Å². The lowest BCUT2D eigenvalue weighted by Gasteiger charge is -2.11. The second-order valence-corrected chi connectivity index (χ2v) is 9.36. The number of carbonyl (C=O) groups is 1. The maximum Gasteiger partial charge on any atom is 0.796 e. The zero-order chi connectivity index (χ0) is 31.1. The summed E-state index contributed by atoms with van der Waals surface area (Å²) in [5.74, 6) is 1.18. The van der Waals surface area contributed by atoms with Crippen LogP contribution in [0.15, 0.2) is 121 Å². The van der Waals surface area contributed by atoms with Crippen molar-refractivity contribution < 1.29 is 37.0 Å². The zero-order valence-electron chi connectivity index (χ0n) is 24.3. The van der Waals surface area contributed by atoms with Crippen LogP contribution in [0.25, 0.3) is 12.2 Å². The van der Waals surface area contributed by atoms with E-state index in [1.165, 1.54) is 26.4 Å². The van der Waals surface area contributed by atoms with Crippen LogP contribution < -0.4 is 18.9 Å². The molecule has 0 aliphatic rings. The third kappa shape index (κ3) is 9.91. The third-order valence-corrected chi connectivity index (χ3v) is 6.24. The molecule has 0 unspecified atom stereocenters. The van der Waals surface area contributed by atoms with Gasteiger partial charge in [0, 0.05) is 6.08 Å². The lowest BCUT2D eigenvalue weighted by molar-refractivity contribution is -0.110.